The van der Waals surface area contributed by atoms with Gasteiger partial charge in [-0.3, -0.25) is 19.3 Å². The number of fused-ring (bicyclic) bond motifs is 1. The van der Waals surface area contributed by atoms with Crippen LogP contribution in [0.1, 0.15) is 76.0 Å². The molecular weight excluding hydrogens is 356 g/mol. The van der Waals surface area contributed by atoms with Crippen LogP contribution in [0.3, 0.4) is 0 Å². The second-order valence-electron chi connectivity index (χ2n) is 8.31. The van der Waals surface area contributed by atoms with E-state index in [9.17, 15) is 14.4 Å². The topological polar surface area (TPSA) is 66.9 Å². The predicted octanol–water partition coefficient (Wildman–Crippen LogP) is 3.11. The number of amides is 3. The third kappa shape index (κ3) is 3.70. The normalized spacial score (nSPS) is 22.6. The smallest absolute Gasteiger partial charge is 0.261 e. The van der Waals surface area contributed by atoms with Gasteiger partial charge in [-0.2, -0.15) is 0 Å². The highest BCUT2D eigenvalue weighted by atomic mass is 16.5. The Morgan fingerprint density at radius 3 is 2.54 bits per heavy atom. The first-order chi connectivity index (χ1) is 13.5. The Morgan fingerprint density at radius 1 is 1.07 bits per heavy atom. The van der Waals surface area contributed by atoms with E-state index < -0.39 is 0 Å². The van der Waals surface area contributed by atoms with Crippen molar-refractivity contribution >= 4 is 17.7 Å². The van der Waals surface area contributed by atoms with Crippen LogP contribution < -0.4 is 0 Å². The molecule has 1 aliphatic carbocycles. The number of carbonyl (C=O) groups is 3. The van der Waals surface area contributed by atoms with Gasteiger partial charge in [0.25, 0.3) is 17.7 Å². The highest BCUT2D eigenvalue weighted by Crippen LogP contribution is 2.27. The second kappa shape index (κ2) is 8.03. The molecule has 2 fully saturated rings. The Balaban J connectivity index is 1.46. The number of nitrogens with zero attached hydrogens (tertiary/aromatic N) is 2. The molecule has 1 atom stereocenters. The van der Waals surface area contributed by atoms with Crippen molar-refractivity contribution in [3.8, 4) is 0 Å². The summed E-state index contributed by atoms with van der Waals surface area (Å²) in [5.41, 5.74) is 1.19. The fourth-order valence-electron chi connectivity index (χ4n) is 4.64. The maximum absolute atomic E-state index is 12.9. The molecule has 0 spiro atoms. The van der Waals surface area contributed by atoms with Crippen LogP contribution in [0, 0.1) is 5.92 Å². The zero-order valence-electron chi connectivity index (χ0n) is 16.5. The lowest BCUT2D eigenvalue weighted by Crippen LogP contribution is -2.36. The van der Waals surface area contributed by atoms with Gasteiger partial charge in [0, 0.05) is 25.8 Å². The molecule has 4 rings (SSSR count). The van der Waals surface area contributed by atoms with Crippen LogP contribution in [-0.2, 0) is 4.74 Å². The van der Waals surface area contributed by atoms with Gasteiger partial charge >= 0.3 is 0 Å². The molecule has 6 heteroatoms. The van der Waals surface area contributed by atoms with Crippen molar-refractivity contribution in [3.05, 3.63) is 34.9 Å². The van der Waals surface area contributed by atoms with Crippen molar-refractivity contribution in [2.45, 2.75) is 51.0 Å². The summed E-state index contributed by atoms with van der Waals surface area (Å²) in [5.74, 6) is -0.140. The second-order valence-corrected chi connectivity index (χ2v) is 8.31. The fraction of sp³-hybridized carbons (Fsp3) is 0.591. The van der Waals surface area contributed by atoms with Crippen molar-refractivity contribution < 1.29 is 19.1 Å². The lowest BCUT2D eigenvalue weighted by Gasteiger charge is -2.27. The number of ether oxygens (including phenoxy) is 1. The summed E-state index contributed by atoms with van der Waals surface area (Å²) in [4.78, 5) is 41.3. The number of rotatable bonds is 5. The minimum absolute atomic E-state index is 0.0788. The van der Waals surface area contributed by atoms with Gasteiger partial charge < -0.3 is 9.64 Å². The van der Waals surface area contributed by atoms with Crippen LogP contribution in [0.2, 0.25) is 0 Å². The maximum atomic E-state index is 12.9. The Hall–Kier alpha value is -2.21. The summed E-state index contributed by atoms with van der Waals surface area (Å²) >= 11 is 0. The average molecular weight is 384 g/mol. The summed E-state index contributed by atoms with van der Waals surface area (Å²) in [6.07, 6.45) is 7.86. The van der Waals surface area contributed by atoms with E-state index >= 15 is 0 Å². The monoisotopic (exact) mass is 384 g/mol. The van der Waals surface area contributed by atoms with E-state index in [1.807, 2.05) is 7.05 Å². The number of benzene rings is 1. The van der Waals surface area contributed by atoms with Gasteiger partial charge in [0.2, 0.25) is 0 Å². The van der Waals surface area contributed by atoms with Crippen molar-refractivity contribution in [1.29, 1.82) is 0 Å². The van der Waals surface area contributed by atoms with Crippen LogP contribution in [0.15, 0.2) is 18.2 Å². The summed E-state index contributed by atoms with van der Waals surface area (Å²) in [7, 11) is 1.82. The van der Waals surface area contributed by atoms with E-state index in [4.69, 9.17) is 4.74 Å². The molecule has 0 aromatic heterocycles. The molecule has 2 heterocycles. The molecule has 3 amide bonds. The van der Waals surface area contributed by atoms with Gasteiger partial charge in [0.1, 0.15) is 0 Å². The molecule has 1 saturated carbocycles. The standard InChI is InChI=1S/C22H28N2O4/c1-23(13-15-6-3-2-4-7-15)20(25)16-9-10-18-19(12-16)22(27)24(21(18)26)14-17-8-5-11-28-17/h9-10,12,15,17H,2-8,11,13-14H2,1H3. The largest absolute Gasteiger partial charge is 0.376 e. The van der Waals surface area contributed by atoms with Crippen LogP contribution in [0.5, 0.6) is 0 Å². The minimum atomic E-state index is -0.319. The summed E-state index contributed by atoms with van der Waals surface area (Å²) in [6, 6.07) is 4.87. The molecule has 0 bridgehead atoms. The molecule has 1 aromatic carbocycles. The molecule has 1 aromatic rings. The zero-order chi connectivity index (χ0) is 19.7. The highest BCUT2D eigenvalue weighted by molar-refractivity contribution is 6.22. The van der Waals surface area contributed by atoms with Gasteiger partial charge in [0.15, 0.2) is 0 Å². The zero-order valence-corrected chi connectivity index (χ0v) is 16.5. The van der Waals surface area contributed by atoms with Crippen LogP contribution in [0.25, 0.3) is 0 Å². The summed E-state index contributed by atoms with van der Waals surface area (Å²) in [5, 5.41) is 0. The van der Waals surface area contributed by atoms with E-state index in [2.05, 4.69) is 0 Å². The lowest BCUT2D eigenvalue weighted by atomic mass is 9.89. The average Bonchev–Trinajstić information content (AvgIpc) is 3.31. The van der Waals surface area contributed by atoms with Gasteiger partial charge in [-0.25, -0.2) is 0 Å². The van der Waals surface area contributed by atoms with Crippen LogP contribution >= 0.6 is 0 Å². The molecule has 0 N–H and O–H groups in total. The lowest BCUT2D eigenvalue weighted by molar-refractivity contribution is 0.0475. The molecule has 1 unspecified atom stereocenters. The van der Waals surface area contributed by atoms with E-state index in [0.717, 1.165) is 19.4 Å². The van der Waals surface area contributed by atoms with Gasteiger partial charge in [-0.15, -0.1) is 0 Å². The van der Waals surface area contributed by atoms with Crippen molar-refractivity contribution in [2.24, 2.45) is 5.92 Å². The fourth-order valence-corrected chi connectivity index (χ4v) is 4.64. The molecular formula is C22H28N2O4. The van der Waals surface area contributed by atoms with Gasteiger partial charge in [0.05, 0.1) is 23.8 Å². The first-order valence-corrected chi connectivity index (χ1v) is 10.4. The van der Waals surface area contributed by atoms with Gasteiger partial charge in [-0.1, -0.05) is 19.3 Å². The highest BCUT2D eigenvalue weighted by Gasteiger charge is 2.38. The van der Waals surface area contributed by atoms with E-state index in [-0.39, 0.29) is 30.4 Å². The van der Waals surface area contributed by atoms with Crippen molar-refractivity contribution in [1.82, 2.24) is 9.80 Å². The number of carbonyl (C=O) groups excluding carboxylic acids is 3. The molecule has 1 saturated heterocycles. The quantitative estimate of drug-likeness (QED) is 0.732. The molecule has 0 radical (unpaired) electrons. The molecule has 150 valence electrons. The predicted molar refractivity (Wildman–Crippen MR) is 104 cm³/mol. The number of hydrogen-bond acceptors (Lipinski definition) is 4. The summed E-state index contributed by atoms with van der Waals surface area (Å²) < 4.78 is 5.57. The molecule has 6 nitrogen and oxygen atoms in total. The molecule has 28 heavy (non-hydrogen) atoms. The Kier molecular flexibility index (Phi) is 5.49. The first-order valence-electron chi connectivity index (χ1n) is 10.4. The maximum Gasteiger partial charge on any atom is 0.261 e. The van der Waals surface area contributed by atoms with E-state index in [1.165, 1.54) is 37.0 Å². The first kappa shape index (κ1) is 19.1. The number of hydrogen-bond donors (Lipinski definition) is 0. The van der Waals surface area contributed by atoms with E-state index in [1.54, 1.807) is 23.1 Å². The SMILES string of the molecule is CN(CC1CCCCC1)C(=O)c1ccc2c(c1)C(=O)N(CC1CCCO1)C2=O. The van der Waals surface area contributed by atoms with Crippen LogP contribution in [0.4, 0.5) is 0 Å². The van der Waals surface area contributed by atoms with Crippen molar-refractivity contribution in [3.63, 3.8) is 0 Å². The Morgan fingerprint density at radius 2 is 1.82 bits per heavy atom. The van der Waals surface area contributed by atoms with Crippen molar-refractivity contribution in [2.75, 3.05) is 26.7 Å². The molecule has 2 aliphatic heterocycles. The van der Waals surface area contributed by atoms with Gasteiger partial charge in [-0.05, 0) is 49.8 Å². The minimum Gasteiger partial charge on any atom is -0.376 e. The van der Waals surface area contributed by atoms with Crippen LogP contribution in [-0.4, -0.2) is 60.4 Å². The molecule has 3 aliphatic rings. The van der Waals surface area contributed by atoms with E-state index in [0.29, 0.717) is 29.2 Å². The Bertz CT molecular complexity index is 779. The summed E-state index contributed by atoms with van der Waals surface area (Å²) in [6.45, 7) is 1.71. The third-order valence-electron chi connectivity index (χ3n) is 6.23. The third-order valence-corrected chi connectivity index (χ3v) is 6.23. The Labute approximate surface area is 165 Å². The number of imide groups is 1.